The smallest absolute Gasteiger partial charge is 0.123 e. The van der Waals surface area contributed by atoms with Gasteiger partial charge in [-0.3, -0.25) is 0 Å². The summed E-state index contributed by atoms with van der Waals surface area (Å²) in [4.78, 5) is 4.82. The molecule has 1 aliphatic rings. The van der Waals surface area contributed by atoms with Crippen LogP contribution in [-0.2, 0) is 13.1 Å². The van der Waals surface area contributed by atoms with Crippen molar-refractivity contribution in [2.45, 2.75) is 20.0 Å². The van der Waals surface area contributed by atoms with Crippen LogP contribution in [0, 0.1) is 6.92 Å². The number of nitrogens with one attached hydrogen (secondary N) is 1. The molecule has 0 radical (unpaired) electrons. The van der Waals surface area contributed by atoms with Gasteiger partial charge in [-0.25, -0.2) is 4.98 Å². The maximum Gasteiger partial charge on any atom is 0.123 e. The molecule has 0 fully saturated rings. The predicted octanol–water partition coefficient (Wildman–Crippen LogP) is 3.63. The van der Waals surface area contributed by atoms with Crippen LogP contribution in [0.3, 0.4) is 0 Å². The van der Waals surface area contributed by atoms with E-state index in [0.29, 0.717) is 0 Å². The first kappa shape index (κ1) is 13.3. The molecule has 0 unspecified atom stereocenters. The van der Waals surface area contributed by atoms with Gasteiger partial charge in [0.15, 0.2) is 0 Å². The highest BCUT2D eigenvalue weighted by atomic mass is 15.1. The summed E-state index contributed by atoms with van der Waals surface area (Å²) in [6.45, 7) is 5.07. The molecule has 0 saturated carbocycles. The molecule has 22 heavy (non-hydrogen) atoms. The zero-order valence-electron chi connectivity index (χ0n) is 12.7. The lowest BCUT2D eigenvalue weighted by atomic mass is 9.95. The van der Waals surface area contributed by atoms with Gasteiger partial charge in [0.1, 0.15) is 5.82 Å². The van der Waals surface area contributed by atoms with Crippen molar-refractivity contribution in [2.24, 2.45) is 0 Å². The molecule has 2 heterocycles. The first-order chi connectivity index (χ1) is 10.8. The first-order valence-electron chi connectivity index (χ1n) is 7.75. The third-order valence-electron chi connectivity index (χ3n) is 4.37. The van der Waals surface area contributed by atoms with Gasteiger partial charge in [0.05, 0.1) is 12.2 Å². The molecule has 2 aromatic carbocycles. The lowest BCUT2D eigenvalue weighted by molar-refractivity contribution is 0.505. The third-order valence-corrected chi connectivity index (χ3v) is 4.37. The van der Waals surface area contributed by atoms with Crippen molar-refractivity contribution in [1.82, 2.24) is 14.9 Å². The van der Waals surface area contributed by atoms with Crippen molar-refractivity contribution in [3.63, 3.8) is 0 Å². The average molecular weight is 289 g/mol. The summed E-state index contributed by atoms with van der Waals surface area (Å²) >= 11 is 0. The van der Waals surface area contributed by atoms with Gasteiger partial charge in [0, 0.05) is 24.8 Å². The summed E-state index contributed by atoms with van der Waals surface area (Å²) in [5, 5.41) is 3.37. The van der Waals surface area contributed by atoms with Crippen molar-refractivity contribution in [3.8, 4) is 22.4 Å². The molecule has 1 aliphatic heterocycles. The topological polar surface area (TPSA) is 29.9 Å². The van der Waals surface area contributed by atoms with E-state index in [2.05, 4.69) is 71.5 Å². The van der Waals surface area contributed by atoms with Gasteiger partial charge in [0.2, 0.25) is 0 Å². The number of fused-ring (bicyclic) bond motifs is 1. The fourth-order valence-electron chi connectivity index (χ4n) is 3.16. The minimum absolute atomic E-state index is 0.859. The number of nitrogens with zero attached hydrogens (tertiary/aromatic N) is 2. The minimum Gasteiger partial charge on any atom is -0.332 e. The Bertz CT molecular complexity index is 779. The van der Waals surface area contributed by atoms with Gasteiger partial charge >= 0.3 is 0 Å². The second kappa shape index (κ2) is 5.43. The Morgan fingerprint density at radius 1 is 1.00 bits per heavy atom. The number of aromatic nitrogens is 2. The number of hydrogen-bond acceptors (Lipinski definition) is 2. The van der Waals surface area contributed by atoms with Gasteiger partial charge in [-0.15, -0.1) is 0 Å². The van der Waals surface area contributed by atoms with Crippen molar-refractivity contribution in [1.29, 1.82) is 0 Å². The van der Waals surface area contributed by atoms with Crippen LogP contribution in [0.2, 0.25) is 0 Å². The van der Waals surface area contributed by atoms with Gasteiger partial charge < -0.3 is 9.88 Å². The van der Waals surface area contributed by atoms with Crippen LogP contribution in [-0.4, -0.2) is 16.1 Å². The second-order valence-corrected chi connectivity index (χ2v) is 5.76. The van der Waals surface area contributed by atoms with Gasteiger partial charge in [-0.2, -0.15) is 0 Å². The predicted molar refractivity (Wildman–Crippen MR) is 89.5 cm³/mol. The molecule has 1 N–H and O–H groups in total. The van der Waals surface area contributed by atoms with E-state index < -0.39 is 0 Å². The zero-order valence-corrected chi connectivity index (χ0v) is 12.7. The molecule has 0 bridgehead atoms. The Kier molecular flexibility index (Phi) is 3.28. The van der Waals surface area contributed by atoms with E-state index in [4.69, 9.17) is 4.98 Å². The molecule has 0 aliphatic carbocycles. The second-order valence-electron chi connectivity index (χ2n) is 5.76. The largest absolute Gasteiger partial charge is 0.332 e. The SMILES string of the molecule is Cc1c(-c2ccccc2)cccc1-c1cn2c(n1)CNCC2. The van der Waals surface area contributed by atoms with Gasteiger partial charge in [-0.05, 0) is 23.6 Å². The highest BCUT2D eigenvalue weighted by Gasteiger charge is 2.15. The van der Waals surface area contributed by atoms with Crippen LogP contribution >= 0.6 is 0 Å². The van der Waals surface area contributed by atoms with Crippen molar-refractivity contribution in [3.05, 3.63) is 66.1 Å². The van der Waals surface area contributed by atoms with E-state index in [1.807, 2.05) is 0 Å². The number of rotatable bonds is 2. The van der Waals surface area contributed by atoms with Gasteiger partial charge in [0.25, 0.3) is 0 Å². The third kappa shape index (κ3) is 2.24. The van der Waals surface area contributed by atoms with Crippen LogP contribution in [0.4, 0.5) is 0 Å². The first-order valence-corrected chi connectivity index (χ1v) is 7.75. The van der Waals surface area contributed by atoms with Crippen LogP contribution < -0.4 is 5.32 Å². The Hall–Kier alpha value is -2.39. The quantitative estimate of drug-likeness (QED) is 0.780. The molecular formula is C19H19N3. The van der Waals surface area contributed by atoms with Crippen molar-refractivity contribution >= 4 is 0 Å². The Morgan fingerprint density at radius 3 is 2.64 bits per heavy atom. The molecular weight excluding hydrogens is 270 g/mol. The van der Waals surface area contributed by atoms with Crippen molar-refractivity contribution < 1.29 is 0 Å². The Morgan fingerprint density at radius 2 is 1.82 bits per heavy atom. The molecule has 110 valence electrons. The van der Waals surface area contributed by atoms with Crippen LogP contribution in [0.15, 0.2) is 54.7 Å². The van der Waals surface area contributed by atoms with Crippen molar-refractivity contribution in [2.75, 3.05) is 6.54 Å². The summed E-state index contributed by atoms with van der Waals surface area (Å²) in [6, 6.07) is 17.0. The number of hydrogen-bond donors (Lipinski definition) is 1. The maximum atomic E-state index is 4.82. The Balaban J connectivity index is 1.81. The van der Waals surface area contributed by atoms with Crippen LogP contribution in [0.1, 0.15) is 11.4 Å². The summed E-state index contributed by atoms with van der Waals surface area (Å²) in [6.07, 6.45) is 2.19. The minimum atomic E-state index is 0.859. The maximum absolute atomic E-state index is 4.82. The fraction of sp³-hybridized carbons (Fsp3) is 0.211. The zero-order chi connectivity index (χ0) is 14.9. The monoisotopic (exact) mass is 289 g/mol. The van der Waals surface area contributed by atoms with Crippen LogP contribution in [0.25, 0.3) is 22.4 Å². The van der Waals surface area contributed by atoms with Gasteiger partial charge in [-0.1, -0.05) is 48.5 Å². The molecule has 0 amide bonds. The molecule has 1 aromatic heterocycles. The molecule has 3 aromatic rings. The van der Waals surface area contributed by atoms with E-state index >= 15 is 0 Å². The summed E-state index contributed by atoms with van der Waals surface area (Å²) in [7, 11) is 0. The molecule has 0 saturated heterocycles. The summed E-state index contributed by atoms with van der Waals surface area (Å²) in [5.41, 5.74) is 6.13. The fourth-order valence-corrected chi connectivity index (χ4v) is 3.16. The summed E-state index contributed by atoms with van der Waals surface area (Å²) in [5.74, 6) is 1.13. The summed E-state index contributed by atoms with van der Waals surface area (Å²) < 4.78 is 2.26. The lowest BCUT2D eigenvalue weighted by Gasteiger charge is -2.13. The molecule has 3 nitrogen and oxygen atoms in total. The van der Waals surface area contributed by atoms with E-state index in [1.54, 1.807) is 0 Å². The van der Waals surface area contributed by atoms with E-state index in [0.717, 1.165) is 31.2 Å². The molecule has 0 spiro atoms. The van der Waals surface area contributed by atoms with Crippen LogP contribution in [0.5, 0.6) is 0 Å². The average Bonchev–Trinajstić information content (AvgIpc) is 2.99. The standard InChI is InChI=1S/C19H19N3/c1-14-16(15-6-3-2-4-7-15)8-5-9-17(14)18-13-22-11-10-20-12-19(22)21-18/h2-9,13,20H,10-12H2,1H3. The Labute approximate surface area is 130 Å². The molecule has 3 heteroatoms. The molecule has 0 atom stereocenters. The highest BCUT2D eigenvalue weighted by molar-refractivity contribution is 5.76. The highest BCUT2D eigenvalue weighted by Crippen LogP contribution is 2.31. The van der Waals surface area contributed by atoms with E-state index in [9.17, 15) is 0 Å². The van der Waals surface area contributed by atoms with E-state index in [1.165, 1.54) is 22.3 Å². The number of imidazole rings is 1. The van der Waals surface area contributed by atoms with E-state index in [-0.39, 0.29) is 0 Å². The normalized spacial score (nSPS) is 13.9. The molecule has 4 rings (SSSR count). The number of benzene rings is 2. The lowest BCUT2D eigenvalue weighted by Crippen LogP contribution is -2.27.